The molecule has 0 fully saturated rings. The number of hydrogen-bond donors (Lipinski definition) is 1. The van der Waals surface area contributed by atoms with Crippen molar-refractivity contribution < 1.29 is 4.74 Å². The fraction of sp³-hybridized carbons (Fsp3) is 0.176. The molecular formula is C17H15Cl2N3O2. The maximum Gasteiger partial charge on any atom is 0.343 e. The molecule has 2 aromatic carbocycles. The number of aromatic amines is 1. The highest BCUT2D eigenvalue weighted by Gasteiger charge is 2.12. The molecule has 5 nitrogen and oxygen atoms in total. The Kier molecular flexibility index (Phi) is 4.64. The molecule has 0 saturated carbocycles. The Hall–Kier alpha value is -2.24. The van der Waals surface area contributed by atoms with E-state index in [2.05, 4.69) is 10.2 Å². The number of ether oxygens (including phenoxy) is 1. The fourth-order valence-corrected chi connectivity index (χ4v) is 2.57. The third-order valence-electron chi connectivity index (χ3n) is 3.75. The molecule has 0 radical (unpaired) electrons. The smallest absolute Gasteiger partial charge is 0.343 e. The number of aromatic nitrogens is 3. The van der Waals surface area contributed by atoms with E-state index >= 15 is 0 Å². The lowest BCUT2D eigenvalue weighted by atomic mass is 10.0. The van der Waals surface area contributed by atoms with Crippen LogP contribution in [0.4, 0.5) is 0 Å². The molecule has 0 bridgehead atoms. The van der Waals surface area contributed by atoms with Gasteiger partial charge in [0.05, 0.1) is 0 Å². The third-order valence-corrected chi connectivity index (χ3v) is 4.40. The van der Waals surface area contributed by atoms with Crippen molar-refractivity contribution in [2.75, 3.05) is 0 Å². The summed E-state index contributed by atoms with van der Waals surface area (Å²) in [6.07, 6.45) is 0. The van der Waals surface area contributed by atoms with E-state index in [0.29, 0.717) is 21.6 Å². The maximum atomic E-state index is 11.4. The van der Waals surface area contributed by atoms with Gasteiger partial charge in [-0.2, -0.15) is 5.10 Å². The second-order valence-corrected chi connectivity index (χ2v) is 6.24. The summed E-state index contributed by atoms with van der Waals surface area (Å²) in [5.74, 6) is 1.17. The molecule has 124 valence electrons. The molecule has 0 aliphatic rings. The zero-order valence-corrected chi connectivity index (χ0v) is 14.6. The first-order valence-corrected chi connectivity index (χ1v) is 8.00. The topological polar surface area (TPSA) is 59.9 Å². The Bertz CT molecular complexity index is 930. The number of nitrogens with one attached hydrogen (secondary N) is 1. The SMILES string of the molecule is Cc1cc(OCc2n[nH]c(=O)n2C)c(-c2ccc(Cl)cc2)cc1Cl. The van der Waals surface area contributed by atoms with Gasteiger partial charge in [-0.15, -0.1) is 0 Å². The summed E-state index contributed by atoms with van der Waals surface area (Å²) in [6.45, 7) is 2.07. The van der Waals surface area contributed by atoms with Crippen LogP contribution >= 0.6 is 23.2 Å². The number of hydrogen-bond acceptors (Lipinski definition) is 3. The van der Waals surface area contributed by atoms with Crippen molar-refractivity contribution in [3.63, 3.8) is 0 Å². The zero-order valence-electron chi connectivity index (χ0n) is 13.1. The number of halogens is 2. The van der Waals surface area contributed by atoms with Crippen LogP contribution in [-0.4, -0.2) is 14.8 Å². The number of H-pyrrole nitrogens is 1. The van der Waals surface area contributed by atoms with E-state index in [-0.39, 0.29) is 12.3 Å². The number of rotatable bonds is 4. The lowest BCUT2D eigenvalue weighted by Crippen LogP contribution is -2.15. The molecule has 3 rings (SSSR count). The second kappa shape index (κ2) is 6.71. The van der Waals surface area contributed by atoms with E-state index in [0.717, 1.165) is 16.7 Å². The van der Waals surface area contributed by atoms with Gasteiger partial charge < -0.3 is 4.74 Å². The molecule has 7 heteroatoms. The Labute approximate surface area is 148 Å². The summed E-state index contributed by atoms with van der Waals surface area (Å²) in [4.78, 5) is 11.4. The number of benzene rings is 2. The van der Waals surface area contributed by atoms with Crippen LogP contribution in [0.2, 0.25) is 10.0 Å². The third kappa shape index (κ3) is 3.32. The Morgan fingerprint density at radius 3 is 2.54 bits per heavy atom. The van der Waals surface area contributed by atoms with Gasteiger partial charge >= 0.3 is 5.69 Å². The van der Waals surface area contributed by atoms with Crippen LogP contribution < -0.4 is 10.4 Å². The quantitative estimate of drug-likeness (QED) is 0.762. The van der Waals surface area contributed by atoms with Gasteiger partial charge in [0.15, 0.2) is 5.82 Å². The Balaban J connectivity index is 1.97. The second-order valence-electron chi connectivity index (χ2n) is 5.40. The molecule has 3 aromatic rings. The van der Waals surface area contributed by atoms with Gasteiger partial charge in [0.25, 0.3) is 0 Å². The van der Waals surface area contributed by atoms with E-state index < -0.39 is 0 Å². The minimum absolute atomic E-state index is 0.164. The first kappa shape index (κ1) is 16.6. The highest BCUT2D eigenvalue weighted by molar-refractivity contribution is 6.32. The van der Waals surface area contributed by atoms with E-state index in [1.165, 1.54) is 4.57 Å². The van der Waals surface area contributed by atoms with Crippen LogP contribution in [0, 0.1) is 6.92 Å². The monoisotopic (exact) mass is 363 g/mol. The van der Waals surface area contributed by atoms with Crippen LogP contribution in [0.1, 0.15) is 11.4 Å². The molecular weight excluding hydrogens is 349 g/mol. The average molecular weight is 364 g/mol. The van der Waals surface area contributed by atoms with Crippen molar-refractivity contribution >= 4 is 23.2 Å². The van der Waals surface area contributed by atoms with Crippen LogP contribution in [-0.2, 0) is 13.7 Å². The zero-order chi connectivity index (χ0) is 17.3. The summed E-state index contributed by atoms with van der Waals surface area (Å²) >= 11 is 12.2. The normalized spacial score (nSPS) is 10.8. The van der Waals surface area contributed by atoms with E-state index in [1.807, 2.05) is 43.3 Å². The molecule has 1 heterocycles. The predicted molar refractivity (Wildman–Crippen MR) is 94.8 cm³/mol. The molecule has 1 aromatic heterocycles. The van der Waals surface area contributed by atoms with Gasteiger partial charge in [-0.25, -0.2) is 9.89 Å². The molecule has 0 unspecified atom stereocenters. The van der Waals surface area contributed by atoms with Crippen LogP contribution in [0.5, 0.6) is 5.75 Å². The van der Waals surface area contributed by atoms with Crippen LogP contribution in [0.15, 0.2) is 41.2 Å². The van der Waals surface area contributed by atoms with E-state index in [4.69, 9.17) is 27.9 Å². The van der Waals surface area contributed by atoms with Crippen molar-refractivity contribution in [3.05, 3.63) is 68.3 Å². The lowest BCUT2D eigenvalue weighted by Gasteiger charge is -2.13. The van der Waals surface area contributed by atoms with Crippen molar-refractivity contribution in [1.29, 1.82) is 0 Å². The number of nitrogens with zero attached hydrogens (tertiary/aromatic N) is 2. The molecule has 1 N–H and O–H groups in total. The molecule has 0 aliphatic carbocycles. The van der Waals surface area contributed by atoms with Crippen LogP contribution in [0.25, 0.3) is 11.1 Å². The molecule has 0 aliphatic heterocycles. The van der Waals surface area contributed by atoms with Crippen LogP contribution in [0.3, 0.4) is 0 Å². The minimum atomic E-state index is -0.279. The Morgan fingerprint density at radius 2 is 1.92 bits per heavy atom. The highest BCUT2D eigenvalue weighted by Crippen LogP contribution is 2.35. The largest absolute Gasteiger partial charge is 0.485 e. The van der Waals surface area contributed by atoms with Crippen molar-refractivity contribution in [2.24, 2.45) is 7.05 Å². The lowest BCUT2D eigenvalue weighted by molar-refractivity contribution is 0.292. The van der Waals surface area contributed by atoms with Gasteiger partial charge in [-0.3, -0.25) is 4.57 Å². The highest BCUT2D eigenvalue weighted by atomic mass is 35.5. The van der Waals surface area contributed by atoms with E-state index in [9.17, 15) is 4.79 Å². The first-order chi connectivity index (χ1) is 11.5. The summed E-state index contributed by atoms with van der Waals surface area (Å²) in [6, 6.07) is 11.2. The van der Waals surface area contributed by atoms with Gasteiger partial charge in [-0.1, -0.05) is 35.3 Å². The van der Waals surface area contributed by atoms with Crippen molar-refractivity contribution in [2.45, 2.75) is 13.5 Å². The standard InChI is InChI=1S/C17H15Cl2N3O2/c1-10-7-15(24-9-16-20-21-17(23)22(16)2)13(8-14(10)19)11-3-5-12(18)6-4-11/h3-8H,9H2,1-2H3,(H,21,23). The molecule has 0 amide bonds. The number of aryl methyl sites for hydroxylation is 1. The van der Waals surface area contributed by atoms with Crippen molar-refractivity contribution in [3.8, 4) is 16.9 Å². The van der Waals surface area contributed by atoms with Gasteiger partial charge in [-0.05, 0) is 42.3 Å². The Morgan fingerprint density at radius 1 is 1.21 bits per heavy atom. The fourth-order valence-electron chi connectivity index (χ4n) is 2.28. The molecule has 0 spiro atoms. The summed E-state index contributed by atoms with van der Waals surface area (Å²) in [7, 11) is 1.64. The van der Waals surface area contributed by atoms with Crippen molar-refractivity contribution in [1.82, 2.24) is 14.8 Å². The summed E-state index contributed by atoms with van der Waals surface area (Å²) in [5.41, 5.74) is 2.41. The van der Waals surface area contributed by atoms with Gasteiger partial charge in [0.1, 0.15) is 12.4 Å². The first-order valence-electron chi connectivity index (χ1n) is 7.25. The molecule has 0 saturated heterocycles. The summed E-state index contributed by atoms with van der Waals surface area (Å²) < 4.78 is 7.31. The predicted octanol–water partition coefficient (Wildman–Crippen LogP) is 3.97. The van der Waals surface area contributed by atoms with Gasteiger partial charge in [0.2, 0.25) is 0 Å². The average Bonchev–Trinajstić information content (AvgIpc) is 2.88. The summed E-state index contributed by atoms with van der Waals surface area (Å²) in [5, 5.41) is 7.64. The van der Waals surface area contributed by atoms with Gasteiger partial charge in [0, 0.05) is 22.7 Å². The maximum absolute atomic E-state index is 11.4. The molecule has 0 atom stereocenters. The van der Waals surface area contributed by atoms with E-state index in [1.54, 1.807) is 7.05 Å². The minimum Gasteiger partial charge on any atom is -0.485 e. The molecule has 24 heavy (non-hydrogen) atoms.